The fraction of sp³-hybridized carbons (Fsp3) is 0.746. The van der Waals surface area contributed by atoms with Crippen molar-refractivity contribution in [3.05, 3.63) is 85.1 Å². The molecule has 9 nitrogen and oxygen atoms in total. The summed E-state index contributed by atoms with van der Waals surface area (Å²) in [7, 11) is 1.45. The summed E-state index contributed by atoms with van der Waals surface area (Å²) < 4.78 is 30.6. The predicted octanol–water partition coefficient (Wildman–Crippen LogP) is 18.2. The molecule has 422 valence electrons. The fourth-order valence-corrected chi connectivity index (χ4v) is 9.00. The van der Waals surface area contributed by atoms with E-state index in [0.29, 0.717) is 23.9 Å². The molecule has 0 aliphatic heterocycles. The maximum atomic E-state index is 13.5. The Bertz CT molecular complexity index is 1530. The first-order valence-electron chi connectivity index (χ1n) is 29.9. The van der Waals surface area contributed by atoms with Crippen molar-refractivity contribution in [2.75, 3.05) is 40.9 Å². The number of ether oxygens (including phenoxy) is 1. The van der Waals surface area contributed by atoms with Crippen LogP contribution < -0.4 is 5.32 Å². The maximum Gasteiger partial charge on any atom is 0.472 e. The van der Waals surface area contributed by atoms with Gasteiger partial charge in [-0.15, -0.1) is 0 Å². The van der Waals surface area contributed by atoms with E-state index in [0.717, 1.165) is 77.0 Å². The third-order valence-corrected chi connectivity index (χ3v) is 13.8. The molecule has 1 amide bonds. The minimum absolute atomic E-state index is 0.0271. The summed E-state index contributed by atoms with van der Waals surface area (Å²) in [6.45, 7) is 6.85. The lowest BCUT2D eigenvalue weighted by atomic mass is 10.0. The molecule has 10 heteroatoms. The Morgan fingerprint density at radius 1 is 0.493 bits per heavy atom. The number of rotatable bonds is 53. The van der Waals surface area contributed by atoms with Gasteiger partial charge in [-0.1, -0.05) is 254 Å². The number of hydrogen-bond donors (Lipinski definition) is 2. The average molecular weight is 1040 g/mol. The molecular formula is C63H114N2O7P+. The normalized spacial score (nSPS) is 14.3. The van der Waals surface area contributed by atoms with E-state index in [1.54, 1.807) is 0 Å². The number of carbonyl (C=O) groups is 2. The first kappa shape index (κ1) is 70.2. The largest absolute Gasteiger partial charge is 0.472 e. The number of carbonyl (C=O) groups excluding carboxylic acids is 2. The third-order valence-electron chi connectivity index (χ3n) is 12.9. The molecule has 0 aromatic heterocycles. The molecule has 0 saturated carbocycles. The van der Waals surface area contributed by atoms with Crippen LogP contribution in [0.1, 0.15) is 252 Å². The van der Waals surface area contributed by atoms with Crippen LogP contribution in [0.4, 0.5) is 0 Å². The monoisotopic (exact) mass is 1040 g/mol. The van der Waals surface area contributed by atoms with Gasteiger partial charge in [0.05, 0.1) is 33.8 Å². The molecule has 73 heavy (non-hydrogen) atoms. The van der Waals surface area contributed by atoms with Crippen LogP contribution in [0, 0.1) is 0 Å². The van der Waals surface area contributed by atoms with Crippen molar-refractivity contribution in [1.82, 2.24) is 5.32 Å². The number of hydrogen-bond acceptors (Lipinski definition) is 6. The summed E-state index contributed by atoms with van der Waals surface area (Å²) >= 11 is 0. The zero-order valence-electron chi connectivity index (χ0n) is 48.1. The summed E-state index contributed by atoms with van der Waals surface area (Å²) in [6, 6.07) is -0.880. The molecule has 3 atom stereocenters. The highest BCUT2D eigenvalue weighted by molar-refractivity contribution is 7.47. The van der Waals surface area contributed by atoms with Gasteiger partial charge < -0.3 is 19.4 Å². The van der Waals surface area contributed by atoms with E-state index in [2.05, 4.69) is 92.9 Å². The molecule has 0 aliphatic rings. The van der Waals surface area contributed by atoms with Crippen molar-refractivity contribution in [3.8, 4) is 0 Å². The van der Waals surface area contributed by atoms with Crippen LogP contribution in [0.2, 0.25) is 0 Å². The number of nitrogens with zero attached hydrogens (tertiary/aromatic N) is 1. The van der Waals surface area contributed by atoms with Gasteiger partial charge in [0.2, 0.25) is 5.91 Å². The molecule has 0 bridgehead atoms. The van der Waals surface area contributed by atoms with Crippen LogP contribution in [-0.4, -0.2) is 74.3 Å². The number of phosphoric ester groups is 1. The molecule has 0 radical (unpaired) electrons. The molecule has 3 unspecified atom stereocenters. The zero-order chi connectivity index (χ0) is 53.6. The van der Waals surface area contributed by atoms with Crippen LogP contribution >= 0.6 is 7.82 Å². The van der Waals surface area contributed by atoms with Crippen LogP contribution in [0.25, 0.3) is 0 Å². The SMILES string of the molecule is CC/C=C\C/C=C\C/C=C\C/C=C\C/C=C\C/C=C\CCC(=O)OC(/C=C/CCCCCCCCCCC)C(COP(=O)(O)OCC[N+](C)(C)C)NC(=O)CCCCCCCCCCCCCCCCCCC. The summed E-state index contributed by atoms with van der Waals surface area (Å²) in [5.74, 6) is -0.601. The minimum atomic E-state index is -4.46. The molecule has 2 N–H and O–H groups in total. The second-order valence-corrected chi connectivity index (χ2v) is 22.6. The van der Waals surface area contributed by atoms with E-state index < -0.39 is 25.9 Å². The quantitative estimate of drug-likeness (QED) is 0.0205. The predicted molar refractivity (Wildman–Crippen MR) is 314 cm³/mol. The Balaban J connectivity index is 5.38. The summed E-state index contributed by atoms with van der Waals surface area (Å²) in [5, 5.41) is 3.03. The van der Waals surface area contributed by atoms with Crippen molar-refractivity contribution in [3.63, 3.8) is 0 Å². The van der Waals surface area contributed by atoms with E-state index in [-0.39, 0.29) is 25.5 Å². The minimum Gasteiger partial charge on any atom is -0.456 e. The Kier molecular flexibility index (Phi) is 50.6. The number of nitrogens with one attached hydrogen (secondary N) is 1. The summed E-state index contributed by atoms with van der Waals surface area (Å²) in [4.78, 5) is 37.6. The lowest BCUT2D eigenvalue weighted by molar-refractivity contribution is -0.870. The molecule has 0 saturated heterocycles. The first-order chi connectivity index (χ1) is 35.4. The van der Waals surface area contributed by atoms with Gasteiger partial charge in [0.1, 0.15) is 19.3 Å². The van der Waals surface area contributed by atoms with Crippen molar-refractivity contribution >= 4 is 19.7 Å². The highest BCUT2D eigenvalue weighted by Crippen LogP contribution is 2.43. The van der Waals surface area contributed by atoms with Gasteiger partial charge in [0.15, 0.2) is 0 Å². The standard InChI is InChI=1S/C63H113N2O7P/c1-7-10-13-16-19-22-25-27-29-31-32-34-36-38-41-44-47-50-53-56-63(67)72-61(54-51-48-45-42-39-24-21-18-15-12-9-3)60(59-71-73(68,69)70-58-57-65(4,5)6)64-62(66)55-52-49-46-43-40-37-35-33-30-28-26-23-20-17-14-11-8-2/h10,13,19,22,27,29,32,34,38,41,47,50-51,54,60-61H,7-9,11-12,14-18,20-21,23-26,28,30-31,33,35-37,39-40,42-46,48-49,52-53,55-59H2,1-6H3,(H-,64,66,68,69)/p+1/b13-10-,22-19-,29-27-,34-32-,41-38-,50-47-,54-51+. The summed E-state index contributed by atoms with van der Waals surface area (Å²) in [6.07, 6.45) is 68.8. The smallest absolute Gasteiger partial charge is 0.456 e. The lowest BCUT2D eigenvalue weighted by Crippen LogP contribution is -2.47. The van der Waals surface area contributed by atoms with Crippen molar-refractivity contribution < 1.29 is 37.3 Å². The number of quaternary nitrogens is 1. The molecule has 0 spiro atoms. The van der Waals surface area contributed by atoms with E-state index in [4.69, 9.17) is 13.8 Å². The second-order valence-electron chi connectivity index (χ2n) is 21.1. The van der Waals surface area contributed by atoms with Crippen LogP contribution in [0.15, 0.2) is 85.1 Å². The highest BCUT2D eigenvalue weighted by atomic mass is 31.2. The van der Waals surface area contributed by atoms with E-state index in [1.807, 2.05) is 39.4 Å². The topological polar surface area (TPSA) is 111 Å². The second kappa shape index (κ2) is 52.6. The molecule has 0 aromatic rings. The Labute approximate surface area is 450 Å². The lowest BCUT2D eigenvalue weighted by Gasteiger charge is -2.27. The van der Waals surface area contributed by atoms with Gasteiger partial charge in [-0.2, -0.15) is 0 Å². The van der Waals surface area contributed by atoms with E-state index >= 15 is 0 Å². The Morgan fingerprint density at radius 2 is 0.890 bits per heavy atom. The number of esters is 1. The van der Waals surface area contributed by atoms with Crippen LogP contribution in [0.5, 0.6) is 0 Å². The third kappa shape index (κ3) is 53.8. The molecule has 0 aliphatic carbocycles. The van der Waals surface area contributed by atoms with Gasteiger partial charge in [0.25, 0.3) is 0 Å². The fourth-order valence-electron chi connectivity index (χ4n) is 8.26. The molecular weight excluding hydrogens is 928 g/mol. The van der Waals surface area contributed by atoms with Crippen LogP contribution in [-0.2, 0) is 27.9 Å². The highest BCUT2D eigenvalue weighted by Gasteiger charge is 2.30. The summed E-state index contributed by atoms with van der Waals surface area (Å²) in [5.41, 5.74) is 0. The van der Waals surface area contributed by atoms with Crippen molar-refractivity contribution in [2.45, 2.75) is 264 Å². The van der Waals surface area contributed by atoms with E-state index in [1.165, 1.54) is 135 Å². The molecule has 0 rings (SSSR count). The number of amides is 1. The molecule has 0 fully saturated rings. The molecule has 0 heterocycles. The van der Waals surface area contributed by atoms with Crippen molar-refractivity contribution in [1.29, 1.82) is 0 Å². The Morgan fingerprint density at radius 3 is 1.32 bits per heavy atom. The van der Waals surface area contributed by atoms with Gasteiger partial charge in [0, 0.05) is 12.8 Å². The van der Waals surface area contributed by atoms with Gasteiger partial charge in [-0.05, 0) is 70.3 Å². The Hall–Kier alpha value is -2.81. The van der Waals surface area contributed by atoms with Gasteiger partial charge in [-0.3, -0.25) is 18.6 Å². The van der Waals surface area contributed by atoms with Crippen molar-refractivity contribution in [2.24, 2.45) is 0 Å². The average Bonchev–Trinajstić information content (AvgIpc) is 3.35. The van der Waals surface area contributed by atoms with Crippen LogP contribution in [0.3, 0.4) is 0 Å². The van der Waals surface area contributed by atoms with Gasteiger partial charge >= 0.3 is 13.8 Å². The number of unbranched alkanes of at least 4 members (excludes halogenated alkanes) is 25. The number of likely N-dealkylation sites (N-methyl/N-ethyl adjacent to an activating group) is 1. The van der Waals surface area contributed by atoms with Gasteiger partial charge in [-0.25, -0.2) is 4.57 Å². The molecule has 0 aromatic carbocycles. The first-order valence-corrected chi connectivity index (χ1v) is 31.4. The number of allylic oxidation sites excluding steroid dienone is 13. The maximum absolute atomic E-state index is 13.5. The zero-order valence-corrected chi connectivity index (χ0v) is 49.0. The number of phosphoric acid groups is 1. The van der Waals surface area contributed by atoms with E-state index in [9.17, 15) is 19.0 Å².